The molecular weight excluding hydrogens is 266 g/mol. The normalized spacial score (nSPS) is 17.0. The third kappa shape index (κ3) is 5.61. The van der Waals surface area contributed by atoms with Crippen LogP contribution in [0.3, 0.4) is 0 Å². The van der Waals surface area contributed by atoms with E-state index in [-0.39, 0.29) is 0 Å². The first-order valence-electron chi connectivity index (χ1n) is 7.73. The third-order valence-corrected chi connectivity index (χ3v) is 4.00. The van der Waals surface area contributed by atoms with Gasteiger partial charge >= 0.3 is 0 Å². The van der Waals surface area contributed by atoms with Gasteiger partial charge in [0, 0.05) is 26.3 Å². The molecule has 2 rings (SSSR count). The first-order chi connectivity index (χ1) is 10.3. The number of rotatable bonds is 8. The third-order valence-electron chi connectivity index (χ3n) is 4.00. The molecule has 1 aromatic heterocycles. The Hall–Kier alpha value is -1.17. The summed E-state index contributed by atoms with van der Waals surface area (Å²) >= 11 is 0. The van der Waals surface area contributed by atoms with Crippen molar-refractivity contribution < 1.29 is 9.47 Å². The summed E-state index contributed by atoms with van der Waals surface area (Å²) in [5.41, 5.74) is 1.09. The van der Waals surface area contributed by atoms with E-state index in [1.54, 1.807) is 14.2 Å². The molecule has 1 fully saturated rings. The van der Waals surface area contributed by atoms with Crippen molar-refractivity contribution in [2.75, 3.05) is 47.0 Å². The fourth-order valence-corrected chi connectivity index (χ4v) is 2.72. The molecule has 1 aromatic rings. The Bertz CT molecular complexity index is 406. The number of aromatic nitrogens is 1. The summed E-state index contributed by atoms with van der Waals surface area (Å²) in [4.78, 5) is 6.96. The van der Waals surface area contributed by atoms with Crippen LogP contribution < -0.4 is 10.1 Å². The molecule has 2 heterocycles. The standard InChI is InChI=1S/C16H27N3O2/c1-20-11-8-17-12-14-6-9-19(10-7-14)13-15-4-3-5-16(18-15)21-2/h3-5,14,17H,6-13H2,1-2H3. The zero-order chi connectivity index (χ0) is 14.9. The number of ether oxygens (including phenoxy) is 2. The smallest absolute Gasteiger partial charge is 0.213 e. The van der Waals surface area contributed by atoms with Gasteiger partial charge in [-0.3, -0.25) is 4.90 Å². The molecule has 1 N–H and O–H groups in total. The van der Waals surface area contributed by atoms with Crippen LogP contribution in [-0.4, -0.2) is 56.9 Å². The molecule has 21 heavy (non-hydrogen) atoms. The van der Waals surface area contributed by atoms with E-state index in [0.29, 0.717) is 5.88 Å². The molecule has 0 bridgehead atoms. The van der Waals surface area contributed by atoms with Crippen LogP contribution in [0.5, 0.6) is 5.88 Å². The number of hydrogen-bond donors (Lipinski definition) is 1. The van der Waals surface area contributed by atoms with Crippen LogP contribution in [-0.2, 0) is 11.3 Å². The predicted octanol–water partition coefficient (Wildman–Crippen LogP) is 1.54. The summed E-state index contributed by atoms with van der Waals surface area (Å²) in [6.07, 6.45) is 2.51. The summed E-state index contributed by atoms with van der Waals surface area (Å²) in [6.45, 7) is 6.06. The maximum Gasteiger partial charge on any atom is 0.213 e. The van der Waals surface area contributed by atoms with Crippen molar-refractivity contribution in [1.29, 1.82) is 0 Å². The van der Waals surface area contributed by atoms with Gasteiger partial charge < -0.3 is 14.8 Å². The van der Waals surface area contributed by atoms with E-state index >= 15 is 0 Å². The maximum atomic E-state index is 5.18. The number of nitrogens with zero attached hydrogens (tertiary/aromatic N) is 2. The number of hydrogen-bond acceptors (Lipinski definition) is 5. The summed E-state index contributed by atoms with van der Waals surface area (Å²) in [6, 6.07) is 5.97. The molecule has 1 aliphatic rings. The Kier molecular flexibility index (Phi) is 6.92. The molecule has 0 saturated carbocycles. The van der Waals surface area contributed by atoms with Gasteiger partial charge in [-0.05, 0) is 44.5 Å². The molecular formula is C16H27N3O2. The van der Waals surface area contributed by atoms with E-state index in [4.69, 9.17) is 9.47 Å². The van der Waals surface area contributed by atoms with Gasteiger partial charge in [0.15, 0.2) is 0 Å². The molecule has 0 spiro atoms. The highest BCUT2D eigenvalue weighted by molar-refractivity contribution is 5.15. The lowest BCUT2D eigenvalue weighted by Gasteiger charge is -2.31. The Morgan fingerprint density at radius 3 is 2.81 bits per heavy atom. The van der Waals surface area contributed by atoms with Gasteiger partial charge in [-0.25, -0.2) is 4.98 Å². The van der Waals surface area contributed by atoms with Gasteiger partial charge in [-0.1, -0.05) is 6.07 Å². The number of nitrogens with one attached hydrogen (secondary N) is 1. The highest BCUT2D eigenvalue weighted by Crippen LogP contribution is 2.18. The van der Waals surface area contributed by atoms with Crippen molar-refractivity contribution >= 4 is 0 Å². The van der Waals surface area contributed by atoms with Crippen LogP contribution in [0.15, 0.2) is 18.2 Å². The van der Waals surface area contributed by atoms with Crippen LogP contribution in [0.1, 0.15) is 18.5 Å². The van der Waals surface area contributed by atoms with Crippen LogP contribution in [0.2, 0.25) is 0 Å². The number of methoxy groups -OCH3 is 2. The quantitative estimate of drug-likeness (QED) is 0.737. The van der Waals surface area contributed by atoms with E-state index in [9.17, 15) is 0 Å². The first-order valence-corrected chi connectivity index (χ1v) is 7.73. The Morgan fingerprint density at radius 2 is 2.10 bits per heavy atom. The molecule has 5 nitrogen and oxygen atoms in total. The first kappa shape index (κ1) is 16.2. The summed E-state index contributed by atoms with van der Waals surface area (Å²) in [5, 5.41) is 3.46. The highest BCUT2D eigenvalue weighted by Gasteiger charge is 2.19. The molecule has 1 saturated heterocycles. The Labute approximate surface area is 127 Å². The van der Waals surface area contributed by atoms with Crippen LogP contribution in [0.25, 0.3) is 0 Å². The van der Waals surface area contributed by atoms with E-state index in [1.165, 1.54) is 12.8 Å². The lowest BCUT2D eigenvalue weighted by Crippen LogP contribution is -2.37. The molecule has 0 radical (unpaired) electrons. The average Bonchev–Trinajstić information content (AvgIpc) is 2.53. The number of pyridine rings is 1. The van der Waals surface area contributed by atoms with Gasteiger partial charge in [0.1, 0.15) is 0 Å². The van der Waals surface area contributed by atoms with Crippen molar-refractivity contribution in [2.24, 2.45) is 5.92 Å². The van der Waals surface area contributed by atoms with E-state index in [2.05, 4.69) is 21.3 Å². The average molecular weight is 293 g/mol. The zero-order valence-corrected chi connectivity index (χ0v) is 13.2. The summed E-state index contributed by atoms with van der Waals surface area (Å²) < 4.78 is 10.2. The SMILES string of the molecule is COCCNCC1CCN(Cc2cccc(OC)n2)CC1. The molecule has 118 valence electrons. The minimum atomic E-state index is 0.699. The van der Waals surface area contributed by atoms with E-state index < -0.39 is 0 Å². The van der Waals surface area contributed by atoms with Gasteiger partial charge in [0.25, 0.3) is 0 Å². The van der Waals surface area contributed by atoms with Crippen molar-refractivity contribution in [1.82, 2.24) is 15.2 Å². The second-order valence-corrected chi connectivity index (χ2v) is 5.59. The molecule has 0 atom stereocenters. The van der Waals surface area contributed by atoms with Crippen molar-refractivity contribution in [3.05, 3.63) is 23.9 Å². The topological polar surface area (TPSA) is 46.6 Å². The maximum absolute atomic E-state index is 5.18. The molecule has 1 aliphatic heterocycles. The molecule has 0 amide bonds. The minimum Gasteiger partial charge on any atom is -0.481 e. The summed E-state index contributed by atoms with van der Waals surface area (Å²) in [7, 11) is 3.40. The van der Waals surface area contributed by atoms with Crippen molar-refractivity contribution in [2.45, 2.75) is 19.4 Å². The Balaban J connectivity index is 1.68. The number of piperidine rings is 1. The van der Waals surface area contributed by atoms with E-state index in [0.717, 1.165) is 50.9 Å². The lowest BCUT2D eigenvalue weighted by atomic mass is 9.96. The van der Waals surface area contributed by atoms with Gasteiger partial charge in [0.05, 0.1) is 19.4 Å². The predicted molar refractivity (Wildman–Crippen MR) is 83.5 cm³/mol. The van der Waals surface area contributed by atoms with Crippen LogP contribution in [0.4, 0.5) is 0 Å². The fraction of sp³-hybridized carbons (Fsp3) is 0.688. The van der Waals surface area contributed by atoms with Crippen LogP contribution in [0, 0.1) is 5.92 Å². The van der Waals surface area contributed by atoms with Gasteiger partial charge in [0.2, 0.25) is 5.88 Å². The van der Waals surface area contributed by atoms with Crippen molar-refractivity contribution in [3.63, 3.8) is 0 Å². The van der Waals surface area contributed by atoms with Crippen molar-refractivity contribution in [3.8, 4) is 5.88 Å². The van der Waals surface area contributed by atoms with E-state index in [1.807, 2.05) is 12.1 Å². The zero-order valence-electron chi connectivity index (χ0n) is 13.2. The van der Waals surface area contributed by atoms with Gasteiger partial charge in [-0.15, -0.1) is 0 Å². The summed E-state index contributed by atoms with van der Waals surface area (Å²) in [5.74, 6) is 1.49. The van der Waals surface area contributed by atoms with Crippen LogP contribution >= 0.6 is 0 Å². The second-order valence-electron chi connectivity index (χ2n) is 5.59. The second kappa shape index (κ2) is 8.97. The Morgan fingerprint density at radius 1 is 1.29 bits per heavy atom. The minimum absolute atomic E-state index is 0.699. The number of likely N-dealkylation sites (tertiary alicyclic amines) is 1. The lowest BCUT2D eigenvalue weighted by molar-refractivity contribution is 0.166. The molecule has 0 unspecified atom stereocenters. The van der Waals surface area contributed by atoms with Gasteiger partial charge in [-0.2, -0.15) is 0 Å². The molecule has 0 aliphatic carbocycles. The monoisotopic (exact) mass is 293 g/mol. The molecule has 5 heteroatoms. The molecule has 0 aromatic carbocycles. The highest BCUT2D eigenvalue weighted by atomic mass is 16.5. The fourth-order valence-electron chi connectivity index (χ4n) is 2.72. The largest absolute Gasteiger partial charge is 0.481 e.